The Bertz CT molecular complexity index is 1250. The lowest BCUT2D eigenvalue weighted by Crippen LogP contribution is -2.12. The number of nitrogens with one attached hydrogen (secondary N) is 2. The summed E-state index contributed by atoms with van der Waals surface area (Å²) in [6.07, 6.45) is 1.51. The number of aromatic nitrogens is 3. The Kier molecular flexibility index (Phi) is 5.09. The number of Topliss-reactive ketones (excluding diaryl/α,β-unsaturated/α-hetero) is 1. The Morgan fingerprint density at radius 1 is 1.17 bits per heavy atom. The maximum absolute atomic E-state index is 13.3. The minimum Gasteiger partial charge on any atom is -0.356 e. The molecule has 0 saturated heterocycles. The van der Waals surface area contributed by atoms with E-state index in [2.05, 4.69) is 15.3 Å². The lowest BCUT2D eigenvalue weighted by molar-refractivity contribution is 0.101. The Hall–Kier alpha value is -3.52. The molecule has 3 heterocycles. The number of thiazole rings is 1. The number of aromatic amines is 1. The number of hydrogen-bond acceptors (Lipinski definition) is 4. The van der Waals surface area contributed by atoms with Gasteiger partial charge in [-0.25, -0.2) is 9.37 Å². The van der Waals surface area contributed by atoms with Crippen molar-refractivity contribution in [3.05, 3.63) is 76.4 Å². The Balaban J connectivity index is 1.58. The zero-order valence-electron chi connectivity index (χ0n) is 16.6. The first-order chi connectivity index (χ1) is 14.3. The van der Waals surface area contributed by atoms with Crippen LogP contribution in [-0.2, 0) is 0 Å². The first-order valence-electron chi connectivity index (χ1n) is 9.25. The van der Waals surface area contributed by atoms with Gasteiger partial charge in [0.05, 0.1) is 5.69 Å². The molecule has 4 aromatic rings. The lowest BCUT2D eigenvalue weighted by atomic mass is 10.2. The summed E-state index contributed by atoms with van der Waals surface area (Å²) in [5.74, 6) is -0.752. The van der Waals surface area contributed by atoms with Gasteiger partial charge in [0.1, 0.15) is 11.5 Å². The number of ketones is 1. The number of aryl methyl sites for hydroxylation is 1. The second kappa shape index (κ2) is 7.72. The standard InChI is InChI=1S/C22H19FN4O2S/c1-12-8-18(13(2)27(12)17-6-4-16(23)5-7-17)20-11-30-22(25-20)26-21(29)19-9-15(10-24-19)14(3)28/h4-11,24H,1-3H3,(H,25,26,29). The predicted molar refractivity (Wildman–Crippen MR) is 115 cm³/mol. The average Bonchev–Trinajstić information content (AvgIpc) is 3.42. The molecule has 30 heavy (non-hydrogen) atoms. The molecule has 0 fully saturated rings. The summed E-state index contributed by atoms with van der Waals surface area (Å²) in [4.78, 5) is 31.2. The molecule has 1 amide bonds. The van der Waals surface area contributed by atoms with Crippen LogP contribution in [0.15, 0.2) is 48.0 Å². The summed E-state index contributed by atoms with van der Waals surface area (Å²) >= 11 is 1.32. The summed E-state index contributed by atoms with van der Waals surface area (Å²) in [7, 11) is 0. The topological polar surface area (TPSA) is 79.8 Å². The monoisotopic (exact) mass is 422 g/mol. The highest BCUT2D eigenvalue weighted by Gasteiger charge is 2.17. The molecule has 0 aliphatic rings. The van der Waals surface area contributed by atoms with Gasteiger partial charge in [-0.05, 0) is 57.2 Å². The molecule has 0 aliphatic heterocycles. The van der Waals surface area contributed by atoms with E-state index in [0.717, 1.165) is 28.3 Å². The predicted octanol–water partition coefficient (Wildman–Crippen LogP) is 5.14. The molecule has 6 nitrogen and oxygen atoms in total. The lowest BCUT2D eigenvalue weighted by Gasteiger charge is -2.09. The number of nitrogens with zero attached hydrogens (tertiary/aromatic N) is 2. The molecule has 0 radical (unpaired) electrons. The third-order valence-corrected chi connectivity index (χ3v) is 5.61. The van der Waals surface area contributed by atoms with E-state index in [4.69, 9.17) is 0 Å². The molecule has 1 aromatic carbocycles. The van der Waals surface area contributed by atoms with Gasteiger partial charge in [0.2, 0.25) is 0 Å². The largest absolute Gasteiger partial charge is 0.356 e. The highest BCUT2D eigenvalue weighted by Crippen LogP contribution is 2.31. The van der Waals surface area contributed by atoms with Crippen LogP contribution in [0.3, 0.4) is 0 Å². The number of carbonyl (C=O) groups excluding carboxylic acids is 2. The number of benzene rings is 1. The normalized spacial score (nSPS) is 10.9. The molecule has 0 atom stereocenters. The van der Waals surface area contributed by atoms with Gasteiger partial charge < -0.3 is 9.55 Å². The van der Waals surface area contributed by atoms with Crippen LogP contribution in [-0.4, -0.2) is 26.2 Å². The average molecular weight is 422 g/mol. The molecule has 152 valence electrons. The van der Waals surface area contributed by atoms with E-state index in [1.165, 1.54) is 42.7 Å². The number of hydrogen-bond donors (Lipinski definition) is 2. The summed E-state index contributed by atoms with van der Waals surface area (Å²) < 4.78 is 15.3. The van der Waals surface area contributed by atoms with Crippen LogP contribution in [0.25, 0.3) is 16.9 Å². The van der Waals surface area contributed by atoms with Gasteiger partial charge >= 0.3 is 0 Å². The van der Waals surface area contributed by atoms with Crippen LogP contribution in [0.4, 0.5) is 9.52 Å². The molecule has 4 rings (SSSR count). The van der Waals surface area contributed by atoms with Crippen molar-refractivity contribution in [1.29, 1.82) is 0 Å². The number of anilines is 1. The van der Waals surface area contributed by atoms with E-state index < -0.39 is 0 Å². The van der Waals surface area contributed by atoms with Gasteiger partial charge in [-0.1, -0.05) is 0 Å². The van der Waals surface area contributed by atoms with E-state index in [1.807, 2.05) is 29.9 Å². The summed E-state index contributed by atoms with van der Waals surface area (Å²) in [5, 5.41) is 5.09. The molecule has 0 spiro atoms. The van der Waals surface area contributed by atoms with E-state index in [-0.39, 0.29) is 17.5 Å². The summed E-state index contributed by atoms with van der Waals surface area (Å²) in [6.45, 7) is 5.40. The number of halogens is 1. The molecule has 3 aromatic heterocycles. The summed E-state index contributed by atoms with van der Waals surface area (Å²) in [6, 6.07) is 9.87. The smallest absolute Gasteiger partial charge is 0.273 e. The Morgan fingerprint density at radius 3 is 2.57 bits per heavy atom. The molecule has 0 unspecified atom stereocenters. The Morgan fingerprint density at radius 2 is 1.90 bits per heavy atom. The number of rotatable bonds is 5. The zero-order chi connectivity index (χ0) is 21.4. The van der Waals surface area contributed by atoms with Crippen LogP contribution in [0, 0.1) is 19.7 Å². The van der Waals surface area contributed by atoms with Crippen molar-refractivity contribution in [2.45, 2.75) is 20.8 Å². The van der Waals surface area contributed by atoms with Gasteiger partial charge in [-0.15, -0.1) is 11.3 Å². The maximum atomic E-state index is 13.3. The molecular weight excluding hydrogens is 403 g/mol. The van der Waals surface area contributed by atoms with E-state index >= 15 is 0 Å². The first kappa shape index (κ1) is 19.8. The van der Waals surface area contributed by atoms with Crippen molar-refractivity contribution < 1.29 is 14.0 Å². The van der Waals surface area contributed by atoms with Crippen LogP contribution in [0.5, 0.6) is 0 Å². The Labute approximate surface area is 176 Å². The highest BCUT2D eigenvalue weighted by atomic mass is 32.1. The van der Waals surface area contributed by atoms with Crippen molar-refractivity contribution in [3.8, 4) is 16.9 Å². The van der Waals surface area contributed by atoms with E-state index in [0.29, 0.717) is 16.4 Å². The van der Waals surface area contributed by atoms with Gasteiger partial charge in [0, 0.05) is 39.8 Å². The van der Waals surface area contributed by atoms with Crippen LogP contribution in [0.1, 0.15) is 39.2 Å². The van der Waals surface area contributed by atoms with Crippen molar-refractivity contribution in [2.24, 2.45) is 0 Å². The fraction of sp³-hybridized carbons (Fsp3) is 0.136. The molecule has 2 N–H and O–H groups in total. The van der Waals surface area contributed by atoms with Crippen LogP contribution < -0.4 is 5.32 Å². The summed E-state index contributed by atoms with van der Waals surface area (Å²) in [5.41, 5.74) is 5.27. The second-order valence-corrected chi connectivity index (χ2v) is 7.80. The molecule has 0 bridgehead atoms. The molecule has 0 aliphatic carbocycles. The first-order valence-corrected chi connectivity index (χ1v) is 10.1. The van der Waals surface area contributed by atoms with Crippen molar-refractivity contribution in [3.63, 3.8) is 0 Å². The SMILES string of the molecule is CC(=O)c1c[nH]c(C(=O)Nc2nc(-c3cc(C)n(-c4ccc(F)cc4)c3C)cs2)c1. The molecule has 8 heteroatoms. The maximum Gasteiger partial charge on any atom is 0.273 e. The third kappa shape index (κ3) is 3.69. The number of amides is 1. The fourth-order valence-corrected chi connectivity index (χ4v) is 4.06. The van der Waals surface area contributed by atoms with Gasteiger partial charge in [0.15, 0.2) is 10.9 Å². The number of H-pyrrole nitrogens is 1. The molecular formula is C22H19FN4O2S. The quantitative estimate of drug-likeness (QED) is 0.437. The minimum absolute atomic E-state index is 0.113. The van der Waals surface area contributed by atoms with Crippen LogP contribution >= 0.6 is 11.3 Å². The highest BCUT2D eigenvalue weighted by molar-refractivity contribution is 7.14. The van der Waals surface area contributed by atoms with Crippen molar-refractivity contribution >= 4 is 28.2 Å². The second-order valence-electron chi connectivity index (χ2n) is 6.95. The van der Waals surface area contributed by atoms with Gasteiger partial charge in [0.25, 0.3) is 5.91 Å². The third-order valence-electron chi connectivity index (χ3n) is 4.85. The van der Waals surface area contributed by atoms with Crippen molar-refractivity contribution in [1.82, 2.24) is 14.5 Å². The number of carbonyl (C=O) groups is 2. The van der Waals surface area contributed by atoms with Crippen LogP contribution in [0.2, 0.25) is 0 Å². The van der Waals surface area contributed by atoms with E-state index in [9.17, 15) is 14.0 Å². The van der Waals surface area contributed by atoms with E-state index in [1.54, 1.807) is 12.1 Å². The van der Waals surface area contributed by atoms with Crippen molar-refractivity contribution in [2.75, 3.05) is 5.32 Å². The molecule has 0 saturated carbocycles. The zero-order valence-corrected chi connectivity index (χ0v) is 17.4. The minimum atomic E-state index is -0.361. The van der Waals surface area contributed by atoms with Gasteiger partial charge in [-0.3, -0.25) is 14.9 Å². The fourth-order valence-electron chi connectivity index (χ4n) is 3.36. The van der Waals surface area contributed by atoms with Gasteiger partial charge in [-0.2, -0.15) is 0 Å².